The van der Waals surface area contributed by atoms with E-state index in [1.807, 2.05) is 6.92 Å². The molecular formula is C15H25N3OS. The molecule has 1 aliphatic rings. The van der Waals surface area contributed by atoms with Crippen molar-refractivity contribution >= 4 is 17.7 Å². The van der Waals surface area contributed by atoms with Crippen LogP contribution in [0.2, 0.25) is 0 Å². The molecule has 1 aromatic rings. The van der Waals surface area contributed by atoms with Crippen LogP contribution in [0.15, 0.2) is 5.16 Å². The zero-order valence-corrected chi connectivity index (χ0v) is 13.9. The maximum Gasteiger partial charge on any atom is 0.230 e. The number of aromatic nitrogens is 2. The Morgan fingerprint density at radius 2 is 2.10 bits per heavy atom. The Morgan fingerprint density at radius 3 is 2.65 bits per heavy atom. The van der Waals surface area contributed by atoms with E-state index in [1.54, 1.807) is 11.8 Å². The molecule has 1 N–H and O–H groups in total. The molecule has 4 nitrogen and oxygen atoms in total. The van der Waals surface area contributed by atoms with E-state index in [-0.39, 0.29) is 11.4 Å². The first-order valence-electron chi connectivity index (χ1n) is 7.33. The van der Waals surface area contributed by atoms with Crippen LogP contribution in [-0.2, 0) is 4.79 Å². The number of amides is 1. The van der Waals surface area contributed by atoms with E-state index in [9.17, 15) is 4.79 Å². The SMILES string of the molecule is CCC(C)(C)NC(=O)CSc1nc(C)c(C)n1C1CC1. The molecule has 2 rings (SSSR count). The van der Waals surface area contributed by atoms with Gasteiger partial charge in [-0.3, -0.25) is 4.79 Å². The molecule has 0 aromatic carbocycles. The summed E-state index contributed by atoms with van der Waals surface area (Å²) in [6.07, 6.45) is 3.40. The van der Waals surface area contributed by atoms with E-state index in [1.165, 1.54) is 18.5 Å². The van der Waals surface area contributed by atoms with Gasteiger partial charge in [0.15, 0.2) is 5.16 Å². The van der Waals surface area contributed by atoms with Gasteiger partial charge in [-0.05, 0) is 47.0 Å². The highest BCUT2D eigenvalue weighted by Crippen LogP contribution is 2.39. The molecule has 20 heavy (non-hydrogen) atoms. The molecule has 0 saturated heterocycles. The number of carbonyl (C=O) groups is 1. The van der Waals surface area contributed by atoms with E-state index in [4.69, 9.17) is 0 Å². The van der Waals surface area contributed by atoms with Crippen LogP contribution in [0.1, 0.15) is 57.5 Å². The zero-order chi connectivity index (χ0) is 14.9. The summed E-state index contributed by atoms with van der Waals surface area (Å²) in [5.41, 5.74) is 2.19. The lowest BCUT2D eigenvalue weighted by Gasteiger charge is -2.24. The number of thioether (sulfide) groups is 1. The van der Waals surface area contributed by atoms with Crippen LogP contribution >= 0.6 is 11.8 Å². The molecule has 1 heterocycles. The number of aryl methyl sites for hydroxylation is 1. The molecule has 1 aromatic heterocycles. The van der Waals surface area contributed by atoms with Crippen molar-refractivity contribution in [2.75, 3.05) is 5.75 Å². The van der Waals surface area contributed by atoms with Gasteiger partial charge in [0, 0.05) is 17.3 Å². The van der Waals surface area contributed by atoms with E-state index >= 15 is 0 Å². The molecule has 0 spiro atoms. The minimum absolute atomic E-state index is 0.0857. The van der Waals surface area contributed by atoms with Gasteiger partial charge in [0.1, 0.15) is 0 Å². The van der Waals surface area contributed by atoms with Crippen molar-refractivity contribution in [2.24, 2.45) is 0 Å². The normalized spacial score (nSPS) is 15.4. The highest BCUT2D eigenvalue weighted by molar-refractivity contribution is 7.99. The predicted octanol–water partition coefficient (Wildman–Crippen LogP) is 3.23. The maximum atomic E-state index is 12.0. The monoisotopic (exact) mass is 295 g/mol. The van der Waals surface area contributed by atoms with Crippen LogP contribution in [0.5, 0.6) is 0 Å². The van der Waals surface area contributed by atoms with Crippen LogP contribution < -0.4 is 5.32 Å². The van der Waals surface area contributed by atoms with Crippen molar-refractivity contribution in [3.8, 4) is 0 Å². The Labute approximate surface area is 125 Å². The number of imidazole rings is 1. The van der Waals surface area contributed by atoms with Gasteiger partial charge in [-0.15, -0.1) is 0 Å². The first kappa shape index (κ1) is 15.4. The molecule has 0 aliphatic heterocycles. The first-order valence-corrected chi connectivity index (χ1v) is 8.32. The van der Waals surface area contributed by atoms with E-state index in [0.29, 0.717) is 11.8 Å². The summed E-state index contributed by atoms with van der Waals surface area (Å²) in [5.74, 6) is 0.522. The largest absolute Gasteiger partial charge is 0.351 e. The van der Waals surface area contributed by atoms with Gasteiger partial charge < -0.3 is 9.88 Å². The van der Waals surface area contributed by atoms with Crippen molar-refractivity contribution in [1.82, 2.24) is 14.9 Å². The molecule has 0 radical (unpaired) electrons. The summed E-state index contributed by atoms with van der Waals surface area (Å²) in [5, 5.41) is 4.06. The van der Waals surface area contributed by atoms with Crippen LogP contribution in [0, 0.1) is 13.8 Å². The smallest absolute Gasteiger partial charge is 0.230 e. The quantitative estimate of drug-likeness (QED) is 0.820. The van der Waals surface area contributed by atoms with Gasteiger partial charge >= 0.3 is 0 Å². The van der Waals surface area contributed by atoms with Crippen LogP contribution in [0.3, 0.4) is 0 Å². The summed E-state index contributed by atoms with van der Waals surface area (Å²) < 4.78 is 2.30. The van der Waals surface area contributed by atoms with E-state index in [2.05, 4.69) is 42.6 Å². The third kappa shape index (κ3) is 3.57. The van der Waals surface area contributed by atoms with Crippen molar-refractivity contribution < 1.29 is 4.79 Å². The maximum absolute atomic E-state index is 12.0. The average Bonchev–Trinajstić information content (AvgIpc) is 3.15. The lowest BCUT2D eigenvalue weighted by atomic mass is 10.0. The minimum atomic E-state index is -0.130. The number of carbonyl (C=O) groups excluding carboxylic acids is 1. The number of rotatable bonds is 6. The highest BCUT2D eigenvalue weighted by atomic mass is 32.2. The highest BCUT2D eigenvalue weighted by Gasteiger charge is 2.29. The molecule has 1 amide bonds. The summed E-state index contributed by atoms with van der Waals surface area (Å²) in [6.45, 7) is 10.3. The Balaban J connectivity index is 1.97. The Morgan fingerprint density at radius 1 is 1.45 bits per heavy atom. The van der Waals surface area contributed by atoms with Crippen molar-refractivity contribution in [2.45, 2.75) is 70.6 Å². The average molecular weight is 295 g/mol. The van der Waals surface area contributed by atoms with Gasteiger partial charge in [-0.2, -0.15) is 0 Å². The van der Waals surface area contributed by atoms with Gasteiger partial charge in [0.2, 0.25) is 5.91 Å². The molecule has 0 atom stereocenters. The summed E-state index contributed by atoms with van der Waals surface area (Å²) in [4.78, 5) is 16.6. The first-order chi connectivity index (χ1) is 9.34. The Kier molecular flexibility index (Phi) is 4.47. The lowest BCUT2D eigenvalue weighted by Crippen LogP contribution is -2.43. The summed E-state index contributed by atoms with van der Waals surface area (Å²) in [6, 6.07) is 0.605. The Hall–Kier alpha value is -0.970. The second-order valence-electron chi connectivity index (χ2n) is 6.24. The topological polar surface area (TPSA) is 46.9 Å². The molecule has 1 aliphatic carbocycles. The fraction of sp³-hybridized carbons (Fsp3) is 0.733. The molecule has 112 valence electrons. The molecule has 1 saturated carbocycles. The third-order valence-corrected chi connectivity index (χ3v) is 4.91. The van der Waals surface area contributed by atoms with Gasteiger partial charge in [0.25, 0.3) is 0 Å². The van der Waals surface area contributed by atoms with Crippen LogP contribution in [0.25, 0.3) is 0 Å². The number of hydrogen-bond acceptors (Lipinski definition) is 3. The predicted molar refractivity (Wildman–Crippen MR) is 83.2 cm³/mol. The van der Waals surface area contributed by atoms with Crippen molar-refractivity contribution in [3.05, 3.63) is 11.4 Å². The molecular weight excluding hydrogens is 270 g/mol. The molecule has 1 fully saturated rings. The molecule has 0 unspecified atom stereocenters. The van der Waals surface area contributed by atoms with Gasteiger partial charge in [0.05, 0.1) is 11.4 Å². The minimum Gasteiger partial charge on any atom is -0.351 e. The summed E-state index contributed by atoms with van der Waals surface area (Å²) in [7, 11) is 0. The summed E-state index contributed by atoms with van der Waals surface area (Å²) >= 11 is 1.55. The van der Waals surface area contributed by atoms with Gasteiger partial charge in [-0.1, -0.05) is 18.7 Å². The second-order valence-corrected chi connectivity index (χ2v) is 7.18. The lowest BCUT2D eigenvalue weighted by molar-refractivity contribution is -0.120. The number of hydrogen-bond donors (Lipinski definition) is 1. The van der Waals surface area contributed by atoms with Gasteiger partial charge in [-0.25, -0.2) is 4.98 Å². The van der Waals surface area contributed by atoms with Crippen molar-refractivity contribution in [3.63, 3.8) is 0 Å². The zero-order valence-electron chi connectivity index (χ0n) is 13.1. The second kappa shape index (κ2) is 5.80. The van der Waals surface area contributed by atoms with Crippen molar-refractivity contribution in [1.29, 1.82) is 0 Å². The van der Waals surface area contributed by atoms with E-state index in [0.717, 1.165) is 17.3 Å². The molecule has 0 bridgehead atoms. The van der Waals surface area contributed by atoms with Crippen LogP contribution in [-0.4, -0.2) is 26.8 Å². The Bertz CT molecular complexity index is 503. The standard InChI is InChI=1S/C15H25N3OS/c1-6-15(4,5)17-13(19)9-20-14-16-10(2)11(3)18(14)12-7-8-12/h12H,6-9H2,1-5H3,(H,17,19). The van der Waals surface area contributed by atoms with Crippen LogP contribution in [0.4, 0.5) is 0 Å². The third-order valence-electron chi connectivity index (χ3n) is 3.96. The fourth-order valence-electron chi connectivity index (χ4n) is 2.09. The number of nitrogens with zero attached hydrogens (tertiary/aromatic N) is 2. The fourth-order valence-corrected chi connectivity index (χ4v) is 3.05. The number of nitrogens with one attached hydrogen (secondary N) is 1. The van der Waals surface area contributed by atoms with E-state index < -0.39 is 0 Å². The molecule has 5 heteroatoms.